The van der Waals surface area contributed by atoms with Gasteiger partial charge in [0.05, 0.1) is 11.7 Å². The summed E-state index contributed by atoms with van der Waals surface area (Å²) in [5, 5.41) is 0. The third-order valence-corrected chi connectivity index (χ3v) is 4.72. The summed E-state index contributed by atoms with van der Waals surface area (Å²) in [6, 6.07) is 0.186. The maximum absolute atomic E-state index is 6.48. The molecule has 1 aliphatic heterocycles. The molecule has 0 aromatic rings. The smallest absolute Gasteiger partial charge is 0.0728 e. The Bertz CT molecular complexity index is 247. The molecule has 0 aromatic carbocycles. The molecule has 18 heavy (non-hydrogen) atoms. The first kappa shape index (κ1) is 14.3. The van der Waals surface area contributed by atoms with E-state index in [0.717, 1.165) is 38.9 Å². The Morgan fingerprint density at radius 3 is 2.72 bits per heavy atom. The van der Waals surface area contributed by atoms with Crippen LogP contribution in [0.1, 0.15) is 58.8 Å². The van der Waals surface area contributed by atoms with Gasteiger partial charge in [0, 0.05) is 19.3 Å². The van der Waals surface area contributed by atoms with E-state index in [-0.39, 0.29) is 17.7 Å². The lowest BCUT2D eigenvalue weighted by molar-refractivity contribution is -0.151. The topological polar surface area (TPSA) is 44.5 Å². The van der Waals surface area contributed by atoms with Gasteiger partial charge in [0.2, 0.25) is 0 Å². The summed E-state index contributed by atoms with van der Waals surface area (Å²) in [5.74, 6) is 0.585. The van der Waals surface area contributed by atoms with E-state index in [1.54, 1.807) is 0 Å². The van der Waals surface area contributed by atoms with Crippen molar-refractivity contribution < 1.29 is 9.47 Å². The van der Waals surface area contributed by atoms with E-state index in [1.807, 2.05) is 0 Å². The Balaban J connectivity index is 1.91. The van der Waals surface area contributed by atoms with Crippen LogP contribution >= 0.6 is 0 Å². The zero-order chi connectivity index (χ0) is 13.0. The molecule has 1 heterocycles. The summed E-state index contributed by atoms with van der Waals surface area (Å²) in [5.41, 5.74) is 6.68. The van der Waals surface area contributed by atoms with Crippen LogP contribution in [0, 0.1) is 5.92 Å². The van der Waals surface area contributed by atoms with Crippen LogP contribution in [0.3, 0.4) is 0 Å². The first-order valence-electron chi connectivity index (χ1n) is 7.72. The van der Waals surface area contributed by atoms with Crippen molar-refractivity contribution in [2.75, 3.05) is 13.2 Å². The molecule has 2 N–H and O–H groups in total. The molecule has 1 saturated heterocycles. The fourth-order valence-corrected chi connectivity index (χ4v) is 3.50. The van der Waals surface area contributed by atoms with Gasteiger partial charge in [-0.1, -0.05) is 13.3 Å². The van der Waals surface area contributed by atoms with E-state index < -0.39 is 0 Å². The van der Waals surface area contributed by atoms with Crippen molar-refractivity contribution in [1.82, 2.24) is 0 Å². The highest BCUT2D eigenvalue weighted by Crippen LogP contribution is 2.45. The molecule has 1 saturated carbocycles. The molecule has 2 rings (SSSR count). The van der Waals surface area contributed by atoms with Crippen molar-refractivity contribution in [3.05, 3.63) is 0 Å². The van der Waals surface area contributed by atoms with E-state index in [1.165, 1.54) is 19.3 Å². The standard InChI is InChI=1S/C15H29NO2/c1-3-6-13(17-4-2)14(16)12-7-10-18-15(11-12)8-5-9-15/h12-14H,3-11,16H2,1-2H3. The van der Waals surface area contributed by atoms with Crippen LogP contribution in [0.25, 0.3) is 0 Å². The molecule has 0 bridgehead atoms. The van der Waals surface area contributed by atoms with Crippen LogP contribution in [0.5, 0.6) is 0 Å². The lowest BCUT2D eigenvalue weighted by atomic mass is 9.70. The maximum Gasteiger partial charge on any atom is 0.0728 e. The van der Waals surface area contributed by atoms with Crippen molar-refractivity contribution in [2.24, 2.45) is 11.7 Å². The van der Waals surface area contributed by atoms with Crippen LogP contribution in [0.2, 0.25) is 0 Å². The SMILES string of the molecule is CCCC(OCC)C(N)C1CCOC2(CCC2)C1. The molecule has 0 amide bonds. The van der Waals surface area contributed by atoms with Gasteiger partial charge in [-0.25, -0.2) is 0 Å². The van der Waals surface area contributed by atoms with E-state index in [0.29, 0.717) is 5.92 Å². The van der Waals surface area contributed by atoms with Gasteiger partial charge in [0.25, 0.3) is 0 Å². The zero-order valence-corrected chi connectivity index (χ0v) is 12.0. The van der Waals surface area contributed by atoms with Crippen LogP contribution in [0.4, 0.5) is 0 Å². The minimum absolute atomic E-state index is 0.186. The average molecular weight is 255 g/mol. The summed E-state index contributed by atoms with van der Waals surface area (Å²) >= 11 is 0. The zero-order valence-electron chi connectivity index (χ0n) is 12.0. The number of nitrogens with two attached hydrogens (primary N) is 1. The fraction of sp³-hybridized carbons (Fsp3) is 1.00. The van der Waals surface area contributed by atoms with Crippen LogP contribution in [-0.2, 0) is 9.47 Å². The molecule has 1 aliphatic carbocycles. The molecular weight excluding hydrogens is 226 g/mol. The average Bonchev–Trinajstić information content (AvgIpc) is 2.36. The highest BCUT2D eigenvalue weighted by Gasteiger charge is 2.44. The Morgan fingerprint density at radius 2 is 2.17 bits per heavy atom. The molecule has 2 aliphatic rings. The Morgan fingerprint density at radius 1 is 1.39 bits per heavy atom. The fourth-order valence-electron chi connectivity index (χ4n) is 3.50. The summed E-state index contributed by atoms with van der Waals surface area (Å²) < 4.78 is 11.8. The lowest BCUT2D eigenvalue weighted by Crippen LogP contribution is -2.52. The number of rotatable bonds is 6. The second-order valence-electron chi connectivity index (χ2n) is 6.00. The number of hydrogen-bond acceptors (Lipinski definition) is 3. The van der Waals surface area contributed by atoms with Gasteiger partial charge in [-0.15, -0.1) is 0 Å². The van der Waals surface area contributed by atoms with E-state index in [4.69, 9.17) is 15.2 Å². The predicted molar refractivity (Wildman–Crippen MR) is 73.6 cm³/mol. The van der Waals surface area contributed by atoms with Crippen molar-refractivity contribution in [3.63, 3.8) is 0 Å². The molecule has 2 fully saturated rings. The predicted octanol–water partition coefficient (Wildman–Crippen LogP) is 2.87. The summed E-state index contributed by atoms with van der Waals surface area (Å²) in [6.45, 7) is 5.93. The molecule has 3 atom stereocenters. The minimum atomic E-state index is 0.186. The van der Waals surface area contributed by atoms with Crippen LogP contribution in [-0.4, -0.2) is 31.0 Å². The van der Waals surface area contributed by atoms with E-state index >= 15 is 0 Å². The van der Waals surface area contributed by atoms with Gasteiger partial charge < -0.3 is 15.2 Å². The van der Waals surface area contributed by atoms with Gasteiger partial charge in [-0.3, -0.25) is 0 Å². The molecule has 0 aromatic heterocycles. The van der Waals surface area contributed by atoms with Crippen molar-refractivity contribution in [1.29, 1.82) is 0 Å². The Kier molecular flexibility index (Phi) is 5.05. The summed E-state index contributed by atoms with van der Waals surface area (Å²) in [7, 11) is 0. The highest BCUT2D eigenvalue weighted by molar-refractivity contribution is 4.97. The van der Waals surface area contributed by atoms with Gasteiger partial charge >= 0.3 is 0 Å². The number of hydrogen-bond donors (Lipinski definition) is 1. The van der Waals surface area contributed by atoms with E-state index in [2.05, 4.69) is 13.8 Å². The van der Waals surface area contributed by atoms with E-state index in [9.17, 15) is 0 Å². The first-order valence-corrected chi connectivity index (χ1v) is 7.72. The summed E-state index contributed by atoms with van der Waals surface area (Å²) in [4.78, 5) is 0. The molecule has 3 nitrogen and oxygen atoms in total. The largest absolute Gasteiger partial charge is 0.377 e. The second kappa shape index (κ2) is 6.36. The van der Waals surface area contributed by atoms with Crippen molar-refractivity contribution in [2.45, 2.75) is 76.5 Å². The number of ether oxygens (including phenoxy) is 2. The monoisotopic (exact) mass is 255 g/mol. The second-order valence-corrected chi connectivity index (χ2v) is 6.00. The third kappa shape index (κ3) is 3.06. The summed E-state index contributed by atoms with van der Waals surface area (Å²) in [6.07, 6.45) is 8.53. The molecule has 3 heteroatoms. The van der Waals surface area contributed by atoms with Gasteiger partial charge in [-0.05, 0) is 51.4 Å². The van der Waals surface area contributed by atoms with Crippen molar-refractivity contribution in [3.8, 4) is 0 Å². The van der Waals surface area contributed by atoms with Gasteiger partial charge in [0.1, 0.15) is 0 Å². The molecule has 0 radical (unpaired) electrons. The maximum atomic E-state index is 6.48. The first-order chi connectivity index (χ1) is 8.71. The normalized spacial score (nSPS) is 29.8. The van der Waals surface area contributed by atoms with Crippen LogP contribution < -0.4 is 5.73 Å². The lowest BCUT2D eigenvalue weighted by Gasteiger charge is -2.49. The van der Waals surface area contributed by atoms with Crippen molar-refractivity contribution >= 4 is 0 Å². The highest BCUT2D eigenvalue weighted by atomic mass is 16.5. The Hall–Kier alpha value is -0.120. The van der Waals surface area contributed by atoms with Gasteiger partial charge in [0.15, 0.2) is 0 Å². The molecular formula is C15H29NO2. The quantitative estimate of drug-likeness (QED) is 0.793. The Labute approximate surface area is 111 Å². The minimum Gasteiger partial charge on any atom is -0.377 e. The molecule has 106 valence electrons. The molecule has 1 spiro atoms. The third-order valence-electron chi connectivity index (χ3n) is 4.72. The molecule has 3 unspecified atom stereocenters. The van der Waals surface area contributed by atoms with Crippen LogP contribution in [0.15, 0.2) is 0 Å². The van der Waals surface area contributed by atoms with Gasteiger partial charge in [-0.2, -0.15) is 0 Å².